The normalized spacial score (nSPS) is 12.7. The van der Waals surface area contributed by atoms with Gasteiger partial charge in [0, 0.05) is 11.1 Å². The van der Waals surface area contributed by atoms with E-state index in [1.165, 1.54) is 0 Å². The Morgan fingerprint density at radius 1 is 1.33 bits per heavy atom. The van der Waals surface area contributed by atoms with Gasteiger partial charge in [0.2, 0.25) is 0 Å². The van der Waals surface area contributed by atoms with Crippen LogP contribution in [-0.2, 0) is 0 Å². The smallest absolute Gasteiger partial charge is 0.148 e. The van der Waals surface area contributed by atoms with Crippen LogP contribution in [-0.4, -0.2) is 21.8 Å². The number of aromatic nitrogens is 3. The Morgan fingerprint density at radius 2 is 2.06 bits per heavy atom. The third kappa shape index (κ3) is 2.40. The number of aryl methyl sites for hydroxylation is 2. The molecule has 2 rings (SSSR count). The summed E-state index contributed by atoms with van der Waals surface area (Å²) in [5.41, 5.74) is 2.02. The van der Waals surface area contributed by atoms with Crippen LogP contribution in [0.2, 0.25) is 5.02 Å². The first-order valence-electron chi connectivity index (χ1n) is 5.90. The molecule has 1 aromatic carbocycles. The van der Waals surface area contributed by atoms with Crippen molar-refractivity contribution >= 4 is 11.6 Å². The number of hydrogen-bond donors (Lipinski definition) is 1. The lowest BCUT2D eigenvalue weighted by atomic mass is 10.1. The number of nitrogens with zero attached hydrogens (tertiary/aromatic N) is 3. The highest BCUT2D eigenvalue weighted by Crippen LogP contribution is 2.25. The van der Waals surface area contributed by atoms with Crippen molar-refractivity contribution in [1.82, 2.24) is 20.1 Å². The van der Waals surface area contributed by atoms with E-state index in [0.717, 1.165) is 27.9 Å². The number of benzene rings is 1. The molecule has 1 heterocycles. The van der Waals surface area contributed by atoms with Crippen molar-refractivity contribution in [3.05, 3.63) is 40.4 Å². The van der Waals surface area contributed by atoms with Crippen molar-refractivity contribution < 1.29 is 0 Å². The summed E-state index contributed by atoms with van der Waals surface area (Å²) in [5.74, 6) is 1.62. The summed E-state index contributed by atoms with van der Waals surface area (Å²) in [5, 5.41) is 8.26. The van der Waals surface area contributed by atoms with Crippen LogP contribution in [0.25, 0.3) is 5.69 Å². The Hall–Kier alpha value is -1.39. The van der Waals surface area contributed by atoms with Crippen LogP contribution in [0.15, 0.2) is 18.2 Å². The molecule has 0 aliphatic rings. The third-order valence-corrected chi connectivity index (χ3v) is 3.33. The van der Waals surface area contributed by atoms with Gasteiger partial charge < -0.3 is 5.32 Å². The molecule has 0 spiro atoms. The SMILES string of the molecule is CNC(C)c1ccc(-n2nc(C)nc2C)cc1Cl. The molecule has 0 saturated carbocycles. The summed E-state index contributed by atoms with van der Waals surface area (Å²) in [4.78, 5) is 4.29. The average Bonchev–Trinajstić information content (AvgIpc) is 2.67. The van der Waals surface area contributed by atoms with E-state index in [-0.39, 0.29) is 6.04 Å². The van der Waals surface area contributed by atoms with Crippen LogP contribution in [0.3, 0.4) is 0 Å². The molecule has 1 unspecified atom stereocenters. The molecular formula is C13H17ClN4. The lowest BCUT2D eigenvalue weighted by Gasteiger charge is -2.13. The van der Waals surface area contributed by atoms with Crippen molar-refractivity contribution in [3.8, 4) is 5.69 Å². The minimum absolute atomic E-state index is 0.227. The Bertz CT molecular complexity index is 562. The predicted molar refractivity (Wildman–Crippen MR) is 73.3 cm³/mol. The molecule has 0 saturated heterocycles. The van der Waals surface area contributed by atoms with Gasteiger partial charge in [-0.05, 0) is 45.5 Å². The van der Waals surface area contributed by atoms with E-state index >= 15 is 0 Å². The number of nitrogens with one attached hydrogen (secondary N) is 1. The van der Waals surface area contributed by atoms with Gasteiger partial charge in [0.1, 0.15) is 11.6 Å². The fourth-order valence-electron chi connectivity index (χ4n) is 1.92. The van der Waals surface area contributed by atoms with E-state index in [2.05, 4.69) is 22.3 Å². The van der Waals surface area contributed by atoms with Crippen molar-refractivity contribution in [2.24, 2.45) is 0 Å². The van der Waals surface area contributed by atoms with Gasteiger partial charge in [-0.2, -0.15) is 5.10 Å². The van der Waals surface area contributed by atoms with E-state index in [0.29, 0.717) is 0 Å². The van der Waals surface area contributed by atoms with Crippen molar-refractivity contribution in [2.45, 2.75) is 26.8 Å². The maximum absolute atomic E-state index is 6.31. The molecule has 1 atom stereocenters. The van der Waals surface area contributed by atoms with Gasteiger partial charge in [0.25, 0.3) is 0 Å². The van der Waals surface area contributed by atoms with Crippen LogP contribution in [0.5, 0.6) is 0 Å². The summed E-state index contributed by atoms with van der Waals surface area (Å²) in [7, 11) is 1.92. The Labute approximate surface area is 112 Å². The second-order valence-electron chi connectivity index (χ2n) is 4.33. The van der Waals surface area contributed by atoms with E-state index in [1.54, 1.807) is 4.68 Å². The minimum atomic E-state index is 0.227. The molecule has 0 amide bonds. The van der Waals surface area contributed by atoms with Gasteiger partial charge in [-0.1, -0.05) is 17.7 Å². The maximum atomic E-state index is 6.31. The molecule has 5 heteroatoms. The largest absolute Gasteiger partial charge is 0.313 e. The Morgan fingerprint density at radius 3 is 2.56 bits per heavy atom. The first-order valence-corrected chi connectivity index (χ1v) is 6.28. The molecule has 96 valence electrons. The topological polar surface area (TPSA) is 42.7 Å². The highest BCUT2D eigenvalue weighted by atomic mass is 35.5. The molecule has 0 radical (unpaired) electrons. The minimum Gasteiger partial charge on any atom is -0.313 e. The predicted octanol–water partition coefficient (Wildman–Crippen LogP) is 2.82. The lowest BCUT2D eigenvalue weighted by Crippen LogP contribution is -2.13. The monoisotopic (exact) mass is 264 g/mol. The molecule has 4 nitrogen and oxygen atoms in total. The number of halogens is 1. The third-order valence-electron chi connectivity index (χ3n) is 3.00. The fraction of sp³-hybridized carbons (Fsp3) is 0.385. The summed E-state index contributed by atoms with van der Waals surface area (Å²) in [6, 6.07) is 6.18. The molecular weight excluding hydrogens is 248 g/mol. The van der Waals surface area contributed by atoms with E-state index in [1.807, 2.05) is 39.1 Å². The van der Waals surface area contributed by atoms with Gasteiger partial charge in [0.05, 0.1) is 5.69 Å². The van der Waals surface area contributed by atoms with Gasteiger partial charge in [-0.25, -0.2) is 9.67 Å². The maximum Gasteiger partial charge on any atom is 0.148 e. The first-order chi connectivity index (χ1) is 8.52. The van der Waals surface area contributed by atoms with Gasteiger partial charge >= 0.3 is 0 Å². The Balaban J connectivity index is 2.43. The zero-order valence-electron chi connectivity index (χ0n) is 11.0. The second-order valence-corrected chi connectivity index (χ2v) is 4.74. The highest BCUT2D eigenvalue weighted by Gasteiger charge is 2.11. The zero-order valence-corrected chi connectivity index (χ0v) is 11.8. The molecule has 18 heavy (non-hydrogen) atoms. The van der Waals surface area contributed by atoms with Crippen molar-refractivity contribution in [2.75, 3.05) is 7.05 Å². The molecule has 0 aliphatic carbocycles. The molecule has 0 bridgehead atoms. The molecule has 0 fully saturated rings. The van der Waals surface area contributed by atoms with Crippen molar-refractivity contribution in [3.63, 3.8) is 0 Å². The van der Waals surface area contributed by atoms with Gasteiger partial charge in [-0.3, -0.25) is 0 Å². The number of hydrogen-bond acceptors (Lipinski definition) is 3. The summed E-state index contributed by atoms with van der Waals surface area (Å²) in [6.45, 7) is 5.88. The Kier molecular flexibility index (Phi) is 3.68. The van der Waals surface area contributed by atoms with Crippen LogP contribution in [0.1, 0.15) is 30.2 Å². The molecule has 1 aromatic heterocycles. The second kappa shape index (κ2) is 5.08. The van der Waals surface area contributed by atoms with Crippen LogP contribution >= 0.6 is 11.6 Å². The molecule has 1 N–H and O–H groups in total. The lowest BCUT2D eigenvalue weighted by molar-refractivity contribution is 0.652. The van der Waals surface area contributed by atoms with E-state index in [4.69, 9.17) is 11.6 Å². The molecule has 0 aliphatic heterocycles. The first kappa shape index (κ1) is 13.1. The summed E-state index contributed by atoms with van der Waals surface area (Å²) >= 11 is 6.31. The quantitative estimate of drug-likeness (QED) is 0.927. The van der Waals surface area contributed by atoms with Crippen LogP contribution in [0.4, 0.5) is 0 Å². The summed E-state index contributed by atoms with van der Waals surface area (Å²) < 4.78 is 1.80. The van der Waals surface area contributed by atoms with E-state index in [9.17, 15) is 0 Å². The zero-order chi connectivity index (χ0) is 13.3. The summed E-state index contributed by atoms with van der Waals surface area (Å²) in [6.07, 6.45) is 0. The fourth-order valence-corrected chi connectivity index (χ4v) is 2.26. The standard InChI is InChI=1S/C13H17ClN4/c1-8(15-4)12-6-5-11(7-13(12)14)18-10(3)16-9(2)17-18/h5-8,15H,1-4H3. The number of rotatable bonds is 3. The van der Waals surface area contributed by atoms with E-state index < -0.39 is 0 Å². The van der Waals surface area contributed by atoms with Gasteiger partial charge in [0.15, 0.2) is 0 Å². The van der Waals surface area contributed by atoms with Gasteiger partial charge in [-0.15, -0.1) is 0 Å². The molecule has 2 aromatic rings. The van der Waals surface area contributed by atoms with Crippen molar-refractivity contribution in [1.29, 1.82) is 0 Å². The van der Waals surface area contributed by atoms with Crippen LogP contribution < -0.4 is 5.32 Å². The average molecular weight is 265 g/mol. The van der Waals surface area contributed by atoms with Crippen LogP contribution in [0, 0.1) is 13.8 Å². The highest BCUT2D eigenvalue weighted by molar-refractivity contribution is 6.31.